The van der Waals surface area contributed by atoms with E-state index in [4.69, 9.17) is 4.74 Å². The summed E-state index contributed by atoms with van der Waals surface area (Å²) in [7, 11) is 0. The molecule has 1 unspecified atom stereocenters. The number of ketones is 1. The Labute approximate surface area is 109 Å². The topological polar surface area (TPSA) is 26.3 Å². The van der Waals surface area contributed by atoms with Crippen LogP contribution in [-0.4, -0.2) is 18.5 Å². The molecule has 1 atom stereocenters. The van der Waals surface area contributed by atoms with Crippen molar-refractivity contribution in [2.24, 2.45) is 5.92 Å². The molecule has 0 radical (unpaired) electrons. The zero-order valence-electron chi connectivity index (χ0n) is 11.3. The summed E-state index contributed by atoms with van der Waals surface area (Å²) in [5.74, 6) is 0.791. The first-order valence-corrected chi connectivity index (χ1v) is 6.91. The van der Waals surface area contributed by atoms with E-state index in [-0.39, 0.29) is 11.9 Å². The van der Waals surface area contributed by atoms with Crippen molar-refractivity contribution in [2.45, 2.75) is 45.6 Å². The van der Waals surface area contributed by atoms with E-state index in [1.54, 1.807) is 0 Å². The summed E-state index contributed by atoms with van der Waals surface area (Å²) >= 11 is 0. The van der Waals surface area contributed by atoms with Crippen LogP contribution in [0.15, 0.2) is 24.3 Å². The van der Waals surface area contributed by atoms with Crippen molar-refractivity contribution < 1.29 is 9.53 Å². The quantitative estimate of drug-likeness (QED) is 0.758. The third-order valence-electron chi connectivity index (χ3n) is 3.35. The van der Waals surface area contributed by atoms with Gasteiger partial charge in [0.05, 0.1) is 0 Å². The van der Waals surface area contributed by atoms with E-state index in [2.05, 4.69) is 26.0 Å². The van der Waals surface area contributed by atoms with E-state index in [0.717, 1.165) is 37.9 Å². The average molecular weight is 246 g/mol. The molecule has 0 aliphatic carbocycles. The van der Waals surface area contributed by atoms with Crippen molar-refractivity contribution in [3.05, 3.63) is 35.4 Å². The lowest BCUT2D eigenvalue weighted by molar-refractivity contribution is 0.0186. The minimum absolute atomic E-state index is 0.144. The fraction of sp³-hybridized carbons (Fsp3) is 0.562. The van der Waals surface area contributed by atoms with Gasteiger partial charge >= 0.3 is 0 Å². The summed E-state index contributed by atoms with van der Waals surface area (Å²) in [5, 5.41) is 0. The molecule has 18 heavy (non-hydrogen) atoms. The Morgan fingerprint density at radius 1 is 1.28 bits per heavy atom. The molecule has 1 heterocycles. The molecule has 1 aliphatic rings. The molecule has 2 nitrogen and oxygen atoms in total. The second-order valence-corrected chi connectivity index (χ2v) is 5.51. The summed E-state index contributed by atoms with van der Waals surface area (Å²) < 4.78 is 5.54. The van der Waals surface area contributed by atoms with Crippen LogP contribution in [-0.2, 0) is 11.2 Å². The maximum Gasteiger partial charge on any atom is 0.191 e. The highest BCUT2D eigenvalue weighted by atomic mass is 16.5. The average Bonchev–Trinajstić information content (AvgIpc) is 2.39. The van der Waals surface area contributed by atoms with Crippen LogP contribution in [0.5, 0.6) is 0 Å². The highest BCUT2D eigenvalue weighted by Crippen LogP contribution is 2.18. The first-order chi connectivity index (χ1) is 8.66. The van der Waals surface area contributed by atoms with Crippen LogP contribution in [0.25, 0.3) is 0 Å². The molecular formula is C16H22O2. The van der Waals surface area contributed by atoms with Gasteiger partial charge < -0.3 is 4.74 Å². The predicted molar refractivity (Wildman–Crippen MR) is 72.9 cm³/mol. The van der Waals surface area contributed by atoms with Crippen LogP contribution in [0.4, 0.5) is 0 Å². The van der Waals surface area contributed by atoms with Gasteiger partial charge in [-0.3, -0.25) is 4.79 Å². The lowest BCUT2D eigenvalue weighted by Crippen LogP contribution is -2.28. The minimum Gasteiger partial charge on any atom is -0.370 e. The van der Waals surface area contributed by atoms with E-state index in [9.17, 15) is 4.79 Å². The number of Topliss-reactive ketones (excluding diaryl/α,β-unsaturated/α-hetero) is 1. The molecule has 1 aromatic carbocycles. The molecule has 0 N–H and O–H groups in total. The third-order valence-corrected chi connectivity index (χ3v) is 3.35. The van der Waals surface area contributed by atoms with Crippen molar-refractivity contribution >= 4 is 5.78 Å². The van der Waals surface area contributed by atoms with Gasteiger partial charge in [0, 0.05) is 12.2 Å². The minimum atomic E-state index is -0.213. The van der Waals surface area contributed by atoms with Crippen molar-refractivity contribution in [3.63, 3.8) is 0 Å². The fourth-order valence-electron chi connectivity index (χ4n) is 2.41. The van der Waals surface area contributed by atoms with Crippen LogP contribution in [0.1, 0.15) is 49.0 Å². The van der Waals surface area contributed by atoms with Crippen molar-refractivity contribution in [2.75, 3.05) is 6.61 Å². The number of carbonyl (C=O) groups excluding carboxylic acids is 1. The monoisotopic (exact) mass is 246 g/mol. The molecule has 2 heteroatoms. The first kappa shape index (κ1) is 13.3. The maximum atomic E-state index is 12.2. The normalized spacial score (nSPS) is 20.1. The number of rotatable bonds is 4. The van der Waals surface area contributed by atoms with Crippen LogP contribution in [0, 0.1) is 5.92 Å². The highest BCUT2D eigenvalue weighted by Gasteiger charge is 2.22. The SMILES string of the molecule is CC(C)Cc1ccc(C(=O)C2CCCCO2)cc1. The molecule has 2 rings (SSSR count). The Morgan fingerprint density at radius 2 is 2.00 bits per heavy atom. The standard InChI is InChI=1S/C16H22O2/c1-12(2)11-13-6-8-14(9-7-13)16(17)15-5-3-4-10-18-15/h6-9,12,15H,3-5,10-11H2,1-2H3. The molecular weight excluding hydrogens is 224 g/mol. The molecule has 0 spiro atoms. The van der Waals surface area contributed by atoms with E-state index in [1.165, 1.54) is 5.56 Å². The fourth-order valence-corrected chi connectivity index (χ4v) is 2.41. The van der Waals surface area contributed by atoms with Gasteiger partial charge in [-0.25, -0.2) is 0 Å². The Kier molecular flexibility index (Phi) is 4.54. The van der Waals surface area contributed by atoms with Gasteiger partial charge in [-0.1, -0.05) is 38.1 Å². The molecule has 0 aromatic heterocycles. The summed E-state index contributed by atoms with van der Waals surface area (Å²) in [6, 6.07) is 8.02. The van der Waals surface area contributed by atoms with Gasteiger partial charge in [0.25, 0.3) is 0 Å². The number of carbonyl (C=O) groups is 1. The van der Waals surface area contributed by atoms with Crippen molar-refractivity contribution in [1.29, 1.82) is 0 Å². The summed E-state index contributed by atoms with van der Waals surface area (Å²) in [6.45, 7) is 5.13. The Balaban J connectivity index is 2.02. The van der Waals surface area contributed by atoms with Gasteiger partial charge in [-0.2, -0.15) is 0 Å². The Bertz CT molecular complexity index is 386. The van der Waals surface area contributed by atoms with Crippen LogP contribution in [0.3, 0.4) is 0 Å². The Morgan fingerprint density at radius 3 is 2.56 bits per heavy atom. The molecule has 1 aromatic rings. The number of benzene rings is 1. The van der Waals surface area contributed by atoms with Gasteiger partial charge in [-0.05, 0) is 37.2 Å². The summed E-state index contributed by atoms with van der Waals surface area (Å²) in [4.78, 5) is 12.2. The second kappa shape index (κ2) is 6.14. The summed E-state index contributed by atoms with van der Waals surface area (Å²) in [6.07, 6.45) is 3.90. The molecule has 98 valence electrons. The van der Waals surface area contributed by atoms with E-state index >= 15 is 0 Å². The molecule has 0 amide bonds. The van der Waals surface area contributed by atoms with Crippen LogP contribution < -0.4 is 0 Å². The number of hydrogen-bond acceptors (Lipinski definition) is 2. The smallest absolute Gasteiger partial charge is 0.191 e. The number of ether oxygens (including phenoxy) is 1. The first-order valence-electron chi connectivity index (χ1n) is 6.91. The largest absolute Gasteiger partial charge is 0.370 e. The predicted octanol–water partition coefficient (Wildman–Crippen LogP) is 3.64. The number of hydrogen-bond donors (Lipinski definition) is 0. The van der Waals surface area contributed by atoms with Gasteiger partial charge in [0.2, 0.25) is 0 Å². The molecule has 0 saturated carbocycles. The Hall–Kier alpha value is -1.15. The van der Waals surface area contributed by atoms with Gasteiger partial charge in [-0.15, -0.1) is 0 Å². The van der Waals surface area contributed by atoms with E-state index in [0.29, 0.717) is 5.92 Å². The van der Waals surface area contributed by atoms with Crippen molar-refractivity contribution in [3.8, 4) is 0 Å². The zero-order chi connectivity index (χ0) is 13.0. The second-order valence-electron chi connectivity index (χ2n) is 5.51. The maximum absolute atomic E-state index is 12.2. The van der Waals surface area contributed by atoms with Crippen molar-refractivity contribution in [1.82, 2.24) is 0 Å². The summed E-state index contributed by atoms with van der Waals surface area (Å²) in [5.41, 5.74) is 2.08. The molecule has 1 saturated heterocycles. The van der Waals surface area contributed by atoms with Crippen LogP contribution in [0.2, 0.25) is 0 Å². The van der Waals surface area contributed by atoms with E-state index in [1.807, 2.05) is 12.1 Å². The lowest BCUT2D eigenvalue weighted by Gasteiger charge is -2.21. The van der Waals surface area contributed by atoms with Gasteiger partial charge in [0.1, 0.15) is 6.10 Å². The third kappa shape index (κ3) is 3.42. The molecule has 1 fully saturated rings. The molecule has 0 bridgehead atoms. The van der Waals surface area contributed by atoms with Gasteiger partial charge in [0.15, 0.2) is 5.78 Å². The highest BCUT2D eigenvalue weighted by molar-refractivity contribution is 5.99. The zero-order valence-corrected chi connectivity index (χ0v) is 11.3. The molecule has 1 aliphatic heterocycles. The van der Waals surface area contributed by atoms with Crippen LogP contribution >= 0.6 is 0 Å². The van der Waals surface area contributed by atoms with E-state index < -0.39 is 0 Å². The lowest BCUT2D eigenvalue weighted by atomic mass is 9.97.